The van der Waals surface area contributed by atoms with Gasteiger partial charge in [0.05, 0.1) is 6.07 Å². The van der Waals surface area contributed by atoms with Crippen LogP contribution in [-0.4, -0.2) is 5.92 Å². The third kappa shape index (κ3) is 0.985. The molecule has 0 saturated heterocycles. The molecule has 0 unspecified atom stereocenters. The van der Waals surface area contributed by atoms with Crippen LogP contribution in [0.4, 0.5) is 8.78 Å². The average molecular weight is 145 g/mol. The number of halogens is 2. The van der Waals surface area contributed by atoms with Gasteiger partial charge in [-0.15, -0.1) is 0 Å². The van der Waals surface area contributed by atoms with Crippen molar-refractivity contribution < 1.29 is 8.78 Å². The highest BCUT2D eigenvalue weighted by Crippen LogP contribution is 2.58. The van der Waals surface area contributed by atoms with Gasteiger partial charge in [-0.25, -0.2) is 8.78 Å². The molecule has 1 nitrogen and oxygen atoms in total. The van der Waals surface area contributed by atoms with Gasteiger partial charge in [-0.3, -0.25) is 0 Å². The predicted molar refractivity (Wildman–Crippen MR) is 32.5 cm³/mol. The van der Waals surface area contributed by atoms with Crippen molar-refractivity contribution in [2.75, 3.05) is 0 Å². The smallest absolute Gasteiger partial charge is 0.207 e. The van der Waals surface area contributed by atoms with E-state index >= 15 is 0 Å². The number of hydrogen-bond donors (Lipinski definition) is 0. The molecule has 0 aliphatic heterocycles. The van der Waals surface area contributed by atoms with Gasteiger partial charge in [0, 0.05) is 11.8 Å². The molecule has 1 rings (SSSR count). The summed E-state index contributed by atoms with van der Waals surface area (Å²) in [7, 11) is 0. The minimum absolute atomic E-state index is 0.00347. The summed E-state index contributed by atoms with van der Waals surface area (Å²) in [5.41, 5.74) is -0.957. The second kappa shape index (κ2) is 1.91. The van der Waals surface area contributed by atoms with Crippen LogP contribution in [0.5, 0.6) is 0 Å². The lowest BCUT2D eigenvalue weighted by Crippen LogP contribution is -2.25. The van der Waals surface area contributed by atoms with E-state index in [0.717, 1.165) is 6.92 Å². The van der Waals surface area contributed by atoms with E-state index in [1.54, 1.807) is 6.07 Å². The van der Waals surface area contributed by atoms with Crippen molar-refractivity contribution in [1.29, 1.82) is 5.26 Å². The molecule has 0 bridgehead atoms. The van der Waals surface area contributed by atoms with Crippen LogP contribution in [0, 0.1) is 16.7 Å². The summed E-state index contributed by atoms with van der Waals surface area (Å²) < 4.78 is 25.2. The van der Waals surface area contributed by atoms with Crippen LogP contribution in [0.3, 0.4) is 0 Å². The van der Waals surface area contributed by atoms with E-state index < -0.39 is 11.3 Å². The first-order chi connectivity index (χ1) is 4.52. The van der Waals surface area contributed by atoms with Gasteiger partial charge in [0.25, 0.3) is 5.92 Å². The zero-order valence-electron chi connectivity index (χ0n) is 5.82. The van der Waals surface area contributed by atoms with Gasteiger partial charge < -0.3 is 0 Å². The van der Waals surface area contributed by atoms with E-state index in [0.29, 0.717) is 12.8 Å². The summed E-state index contributed by atoms with van der Waals surface area (Å²) in [6.45, 7) is 0.900. The summed E-state index contributed by atoms with van der Waals surface area (Å²) in [4.78, 5) is 0. The van der Waals surface area contributed by atoms with Crippen molar-refractivity contribution in [2.24, 2.45) is 5.41 Å². The monoisotopic (exact) mass is 145 g/mol. The Hall–Kier alpha value is -0.650. The van der Waals surface area contributed by atoms with Crippen LogP contribution in [0.1, 0.15) is 26.2 Å². The molecule has 3 heteroatoms. The van der Waals surface area contributed by atoms with E-state index in [-0.39, 0.29) is 6.42 Å². The molecular weight excluding hydrogens is 136 g/mol. The molecule has 1 aliphatic carbocycles. The molecule has 0 spiro atoms. The van der Waals surface area contributed by atoms with Gasteiger partial charge in [-0.05, 0) is 19.8 Å². The zero-order chi connectivity index (χ0) is 7.83. The Morgan fingerprint density at radius 3 is 2.20 bits per heavy atom. The molecule has 0 aromatic heterocycles. The maximum Gasteiger partial charge on any atom is 0.251 e. The molecule has 1 aliphatic rings. The number of alkyl halides is 2. The van der Waals surface area contributed by atoms with E-state index in [4.69, 9.17) is 5.26 Å². The highest BCUT2D eigenvalue weighted by molar-refractivity contribution is 5.06. The molecule has 0 heterocycles. The first kappa shape index (κ1) is 7.46. The largest absolute Gasteiger partial charge is 0.251 e. The quantitative estimate of drug-likeness (QED) is 0.585. The number of rotatable bonds is 2. The van der Waals surface area contributed by atoms with Gasteiger partial charge in [0.2, 0.25) is 0 Å². The number of nitriles is 1. The zero-order valence-corrected chi connectivity index (χ0v) is 5.82. The first-order valence-corrected chi connectivity index (χ1v) is 3.27. The molecule has 0 aromatic rings. The molecule has 56 valence electrons. The molecule has 0 N–H and O–H groups in total. The van der Waals surface area contributed by atoms with Crippen molar-refractivity contribution >= 4 is 0 Å². The number of hydrogen-bond acceptors (Lipinski definition) is 1. The molecule has 10 heavy (non-hydrogen) atoms. The minimum atomic E-state index is -2.66. The normalized spacial score (nSPS) is 21.8. The fourth-order valence-electron chi connectivity index (χ4n) is 1.07. The van der Waals surface area contributed by atoms with Crippen molar-refractivity contribution in [1.82, 2.24) is 0 Å². The van der Waals surface area contributed by atoms with Gasteiger partial charge in [0.15, 0.2) is 0 Å². The van der Waals surface area contributed by atoms with Crippen molar-refractivity contribution in [3.05, 3.63) is 0 Å². The average Bonchev–Trinajstić information content (AvgIpc) is 2.45. The minimum Gasteiger partial charge on any atom is -0.207 e. The Balaban J connectivity index is 2.63. The molecule has 1 saturated carbocycles. The maximum absolute atomic E-state index is 12.6. The number of nitrogens with zero attached hydrogens (tertiary/aromatic N) is 1. The van der Waals surface area contributed by atoms with Crippen LogP contribution in [-0.2, 0) is 0 Å². The van der Waals surface area contributed by atoms with Crippen molar-refractivity contribution in [3.63, 3.8) is 0 Å². The van der Waals surface area contributed by atoms with E-state index in [9.17, 15) is 8.78 Å². The van der Waals surface area contributed by atoms with Gasteiger partial charge >= 0.3 is 0 Å². The second-order valence-corrected chi connectivity index (χ2v) is 3.00. The van der Waals surface area contributed by atoms with Crippen LogP contribution in [0.25, 0.3) is 0 Å². The lowest BCUT2D eigenvalue weighted by atomic mass is 9.96. The molecule has 1 fully saturated rings. The third-order valence-electron chi connectivity index (χ3n) is 2.20. The topological polar surface area (TPSA) is 23.8 Å². The Kier molecular flexibility index (Phi) is 1.43. The standard InChI is InChI=1S/C7H9F2N/c1-6(8,9)7(2-3-7)4-5-10/h2-4H2,1H3. The van der Waals surface area contributed by atoms with Gasteiger partial charge in [-0.2, -0.15) is 5.26 Å². The summed E-state index contributed by atoms with van der Waals surface area (Å²) in [5.74, 6) is -2.66. The third-order valence-corrected chi connectivity index (χ3v) is 2.20. The van der Waals surface area contributed by atoms with Crippen LogP contribution < -0.4 is 0 Å². The van der Waals surface area contributed by atoms with E-state index in [2.05, 4.69) is 0 Å². The first-order valence-electron chi connectivity index (χ1n) is 3.27. The maximum atomic E-state index is 12.6. The molecule has 0 radical (unpaired) electrons. The summed E-state index contributed by atoms with van der Waals surface area (Å²) in [5, 5.41) is 8.22. The van der Waals surface area contributed by atoms with Crippen LogP contribution in [0.2, 0.25) is 0 Å². The highest BCUT2D eigenvalue weighted by atomic mass is 19.3. The van der Waals surface area contributed by atoms with Crippen LogP contribution >= 0.6 is 0 Å². The molecule has 0 atom stereocenters. The fourth-order valence-corrected chi connectivity index (χ4v) is 1.07. The Morgan fingerprint density at radius 2 is 2.10 bits per heavy atom. The van der Waals surface area contributed by atoms with Crippen LogP contribution in [0.15, 0.2) is 0 Å². The summed E-state index contributed by atoms with van der Waals surface area (Å²) in [6, 6.07) is 1.80. The fraction of sp³-hybridized carbons (Fsp3) is 0.857. The van der Waals surface area contributed by atoms with Crippen molar-refractivity contribution in [2.45, 2.75) is 32.1 Å². The summed E-state index contributed by atoms with van der Waals surface area (Å²) in [6.07, 6.45) is 1.00. The summed E-state index contributed by atoms with van der Waals surface area (Å²) >= 11 is 0. The molecule has 0 aromatic carbocycles. The van der Waals surface area contributed by atoms with E-state index in [1.807, 2.05) is 0 Å². The Labute approximate surface area is 58.6 Å². The predicted octanol–water partition coefficient (Wildman–Crippen LogP) is 2.34. The molecule has 0 amide bonds. The highest BCUT2D eigenvalue weighted by Gasteiger charge is 2.58. The van der Waals surface area contributed by atoms with Crippen molar-refractivity contribution in [3.8, 4) is 6.07 Å². The van der Waals surface area contributed by atoms with Gasteiger partial charge in [-0.1, -0.05) is 0 Å². The lowest BCUT2D eigenvalue weighted by molar-refractivity contribution is -0.0524. The SMILES string of the molecule is CC(F)(F)C1(CC#N)CC1. The van der Waals surface area contributed by atoms with Gasteiger partial charge in [0.1, 0.15) is 0 Å². The Bertz CT molecular complexity index is 171. The molecular formula is C7H9F2N. The Morgan fingerprint density at radius 1 is 1.60 bits per heavy atom. The second-order valence-electron chi connectivity index (χ2n) is 3.00. The lowest BCUT2D eigenvalue weighted by Gasteiger charge is -2.19. The van der Waals surface area contributed by atoms with E-state index in [1.165, 1.54) is 0 Å².